The lowest BCUT2D eigenvalue weighted by atomic mass is 10.1. The van der Waals surface area contributed by atoms with Gasteiger partial charge in [-0.2, -0.15) is 15.2 Å². The van der Waals surface area contributed by atoms with Crippen molar-refractivity contribution in [3.63, 3.8) is 0 Å². The predicted octanol–water partition coefficient (Wildman–Crippen LogP) is -4.29. The van der Waals surface area contributed by atoms with E-state index in [1.165, 1.54) is 20.8 Å². The van der Waals surface area contributed by atoms with Gasteiger partial charge in [0.15, 0.2) is 0 Å². The third-order valence-electron chi connectivity index (χ3n) is 6.93. The third-order valence-corrected chi connectivity index (χ3v) is 6.93. The smallest absolute Gasteiger partial charge is 0.268 e. The molecule has 0 radical (unpaired) electrons. The fourth-order valence-corrected chi connectivity index (χ4v) is 4.10. The van der Waals surface area contributed by atoms with Crippen LogP contribution in [0.15, 0.2) is 4.99 Å². The average molecular weight is 692 g/mol. The predicted molar refractivity (Wildman–Crippen MR) is 164 cm³/mol. The highest BCUT2D eigenvalue weighted by atomic mass is 16.5. The second-order valence-electron chi connectivity index (χ2n) is 11.1. The van der Waals surface area contributed by atoms with Gasteiger partial charge in [0.1, 0.15) is 36.5 Å². The summed E-state index contributed by atoms with van der Waals surface area (Å²) < 4.78 is 0. The van der Waals surface area contributed by atoms with Gasteiger partial charge in [0.05, 0.1) is 19.6 Å². The summed E-state index contributed by atoms with van der Waals surface area (Å²) in [4.78, 5) is 80.9. The molecule has 3 unspecified atom stereocenters. The van der Waals surface area contributed by atoms with Crippen molar-refractivity contribution < 1.29 is 59.7 Å². The van der Waals surface area contributed by atoms with Gasteiger partial charge < -0.3 is 57.5 Å². The molecule has 48 heavy (non-hydrogen) atoms. The van der Waals surface area contributed by atoms with Crippen molar-refractivity contribution in [2.24, 2.45) is 4.99 Å². The van der Waals surface area contributed by atoms with E-state index in [9.17, 15) is 59.7 Å². The van der Waals surface area contributed by atoms with Crippen LogP contribution in [0.4, 0.5) is 0 Å². The van der Waals surface area contributed by atoms with Crippen molar-refractivity contribution in [3.05, 3.63) is 0 Å². The minimum Gasteiger partial charge on any atom is -0.377 e. The maximum Gasteiger partial charge on any atom is 0.268 e. The van der Waals surface area contributed by atoms with Gasteiger partial charge in [-0.3, -0.25) is 28.8 Å². The maximum absolute atomic E-state index is 13.5. The Bertz CT molecular complexity index is 1120. The standard InChI is InChI=1S/C27H49N9O12/c1-16(37)34(46)10-4-7-19-25(43)30-14-23(41)28-13-22(40)29-15-24(42)31-20(8-5-11-35(47)17(2)38)26(44)33-21(27(45)32-19)9-6-12-36(48)18(3)39/h16-18,20-21,37-39,46-48H,4-15H2,1-3H3,(H,28,41)(H,29,40)(H,30,43)(H,31,42)(H,33,44)/t16?,17?,18?,20-,21-/m0/s1. The molecule has 1 heterocycles. The van der Waals surface area contributed by atoms with Crippen molar-refractivity contribution in [2.75, 3.05) is 39.3 Å². The number of hydrogen-bond acceptors (Lipinski definition) is 15. The van der Waals surface area contributed by atoms with E-state index in [1.54, 1.807) is 0 Å². The van der Waals surface area contributed by atoms with Crippen LogP contribution in [0.1, 0.15) is 59.3 Å². The third kappa shape index (κ3) is 16.9. The molecule has 0 saturated heterocycles. The molecule has 1 aliphatic heterocycles. The van der Waals surface area contributed by atoms with Gasteiger partial charge in [-0.1, -0.05) is 0 Å². The highest BCUT2D eigenvalue weighted by molar-refractivity contribution is 6.40. The first-order valence-electron chi connectivity index (χ1n) is 15.4. The highest BCUT2D eigenvalue weighted by Crippen LogP contribution is 2.08. The van der Waals surface area contributed by atoms with Crippen molar-refractivity contribution in [3.8, 4) is 0 Å². The molecule has 1 aliphatic rings. The quantitative estimate of drug-likeness (QED) is 0.0572. The number of amides is 6. The number of carbonyl (C=O) groups excluding carboxylic acids is 6. The first-order chi connectivity index (χ1) is 22.5. The Morgan fingerprint density at radius 1 is 0.646 bits per heavy atom. The Morgan fingerprint density at radius 2 is 1.08 bits per heavy atom. The molecule has 0 bridgehead atoms. The molecule has 274 valence electrons. The molecular weight excluding hydrogens is 642 g/mol. The molecule has 0 fully saturated rings. The van der Waals surface area contributed by atoms with Crippen LogP contribution in [0, 0.1) is 0 Å². The van der Waals surface area contributed by atoms with E-state index < -0.39 is 85.8 Å². The number of nitrogens with zero attached hydrogens (tertiary/aromatic N) is 4. The summed E-state index contributed by atoms with van der Waals surface area (Å²) in [6.45, 7) is 1.76. The van der Waals surface area contributed by atoms with E-state index in [0.717, 1.165) is 0 Å². The topological polar surface area (TPSA) is 306 Å². The summed E-state index contributed by atoms with van der Waals surface area (Å²) in [7, 11) is 0. The number of aliphatic imine (C=N–C) groups is 1. The van der Waals surface area contributed by atoms with Crippen molar-refractivity contribution >= 4 is 41.2 Å². The zero-order chi connectivity index (χ0) is 36.4. The van der Waals surface area contributed by atoms with Crippen LogP contribution in [0.3, 0.4) is 0 Å². The van der Waals surface area contributed by atoms with Crippen LogP contribution < -0.4 is 26.6 Å². The van der Waals surface area contributed by atoms with Crippen molar-refractivity contribution in [1.29, 1.82) is 0 Å². The van der Waals surface area contributed by atoms with Crippen LogP contribution >= 0.6 is 0 Å². The zero-order valence-electron chi connectivity index (χ0n) is 27.3. The number of nitrogens with one attached hydrogen (secondary N) is 5. The number of rotatable bonds is 15. The SMILES string of the molecule is CC(O)N(O)CCCC1=NC(=O)[C@H](CCCN(O)C(C)O)NC(=O)[C@H](CCCN(O)C(C)O)NC(=O)CNC(=O)CNC(=O)CNC1=O. The van der Waals surface area contributed by atoms with E-state index >= 15 is 0 Å². The van der Waals surface area contributed by atoms with Crippen LogP contribution in [0.25, 0.3) is 0 Å². The molecule has 0 aromatic rings. The minimum absolute atomic E-state index is 0.0145. The summed E-state index contributed by atoms with van der Waals surface area (Å²) in [5.74, 6) is -5.15. The second kappa shape index (κ2) is 22.1. The lowest BCUT2D eigenvalue weighted by molar-refractivity contribution is -0.189. The van der Waals surface area contributed by atoms with Crippen molar-refractivity contribution in [1.82, 2.24) is 41.8 Å². The first-order valence-corrected chi connectivity index (χ1v) is 15.4. The molecule has 0 saturated carbocycles. The van der Waals surface area contributed by atoms with Gasteiger partial charge in [-0.15, -0.1) is 0 Å². The second-order valence-corrected chi connectivity index (χ2v) is 11.1. The van der Waals surface area contributed by atoms with E-state index in [4.69, 9.17) is 0 Å². The summed E-state index contributed by atoms with van der Waals surface area (Å²) in [6.07, 6.45) is -4.07. The Hall–Kier alpha value is -3.67. The fourth-order valence-electron chi connectivity index (χ4n) is 4.10. The van der Waals surface area contributed by atoms with E-state index in [2.05, 4.69) is 31.6 Å². The first kappa shape index (κ1) is 42.4. The number of carbonyl (C=O) groups is 6. The Labute approximate surface area is 277 Å². The molecule has 6 amide bonds. The molecule has 0 aliphatic carbocycles. The lowest BCUT2D eigenvalue weighted by Crippen LogP contribution is -2.54. The summed E-state index contributed by atoms with van der Waals surface area (Å²) >= 11 is 0. The molecule has 0 spiro atoms. The Kier molecular flexibility index (Phi) is 19.5. The average Bonchev–Trinajstić information content (AvgIpc) is 3.02. The summed E-state index contributed by atoms with van der Waals surface area (Å²) in [6, 6.07) is -2.75. The van der Waals surface area contributed by atoms with Gasteiger partial charge in [-0.05, 0) is 59.3 Å². The Morgan fingerprint density at radius 3 is 1.58 bits per heavy atom. The number of hydroxylamine groups is 6. The van der Waals surface area contributed by atoms with E-state index in [1.807, 2.05) is 0 Å². The molecule has 0 aromatic heterocycles. The van der Waals surface area contributed by atoms with Crippen molar-refractivity contribution in [2.45, 2.75) is 90.1 Å². The van der Waals surface area contributed by atoms with Crippen LogP contribution in [-0.4, -0.2) is 157 Å². The molecule has 21 heteroatoms. The lowest BCUT2D eigenvalue weighted by Gasteiger charge is -2.24. The van der Waals surface area contributed by atoms with Gasteiger partial charge in [-0.25, -0.2) is 4.99 Å². The molecule has 21 nitrogen and oxygen atoms in total. The van der Waals surface area contributed by atoms with Gasteiger partial charge in [0.2, 0.25) is 23.6 Å². The fraction of sp³-hybridized carbons (Fsp3) is 0.741. The molecule has 11 N–H and O–H groups in total. The van der Waals surface area contributed by atoms with Crippen LogP contribution in [0.5, 0.6) is 0 Å². The normalized spacial score (nSPS) is 21.4. The minimum atomic E-state index is -1.43. The van der Waals surface area contributed by atoms with E-state index in [-0.39, 0.29) is 63.9 Å². The summed E-state index contributed by atoms with van der Waals surface area (Å²) in [5, 5.41) is 71.5. The van der Waals surface area contributed by atoms with E-state index in [0.29, 0.717) is 15.2 Å². The zero-order valence-corrected chi connectivity index (χ0v) is 27.3. The molecule has 0 aromatic carbocycles. The van der Waals surface area contributed by atoms with Gasteiger partial charge in [0, 0.05) is 19.6 Å². The van der Waals surface area contributed by atoms with Gasteiger partial charge in [0.25, 0.3) is 11.8 Å². The van der Waals surface area contributed by atoms with Crippen LogP contribution in [-0.2, 0) is 28.8 Å². The van der Waals surface area contributed by atoms with Gasteiger partial charge >= 0.3 is 0 Å². The Balaban J connectivity index is 3.44. The largest absolute Gasteiger partial charge is 0.377 e. The number of aliphatic hydroxyl groups is 3. The molecule has 1 rings (SSSR count). The highest BCUT2D eigenvalue weighted by Gasteiger charge is 2.28. The maximum atomic E-state index is 13.5. The number of aliphatic hydroxyl groups excluding tert-OH is 3. The number of hydrogen-bond donors (Lipinski definition) is 11. The molecule has 5 atom stereocenters. The van der Waals surface area contributed by atoms with Crippen LogP contribution in [0.2, 0.25) is 0 Å². The molecular formula is C27H49N9O12. The monoisotopic (exact) mass is 691 g/mol. The summed E-state index contributed by atoms with van der Waals surface area (Å²) in [5.41, 5.74) is -0.385.